The van der Waals surface area contributed by atoms with Crippen molar-refractivity contribution in [2.45, 2.75) is 76.6 Å². The number of para-hydroxylation sites is 2. The summed E-state index contributed by atoms with van der Waals surface area (Å²) in [7, 11) is 0. The Morgan fingerprint density at radius 1 is 0.679 bits per heavy atom. The van der Waals surface area contributed by atoms with Gasteiger partial charge in [-0.3, -0.25) is 19.2 Å². The number of carbonyl (C=O) groups excluding carboxylic acids is 3. The van der Waals surface area contributed by atoms with Gasteiger partial charge in [-0.1, -0.05) is 78.4 Å². The van der Waals surface area contributed by atoms with Gasteiger partial charge < -0.3 is 25.1 Å². The Bertz CT molecular complexity index is 2000. The Balaban J connectivity index is 0.000000164. The van der Waals surface area contributed by atoms with Crippen molar-refractivity contribution in [3.05, 3.63) is 130 Å². The number of aliphatic carboxylic acids is 1. The van der Waals surface area contributed by atoms with Gasteiger partial charge in [0.05, 0.1) is 31.2 Å². The Labute approximate surface area is 325 Å². The molecule has 0 aromatic heterocycles. The highest BCUT2D eigenvalue weighted by Gasteiger charge is 2.36. The quantitative estimate of drug-likeness (QED) is 0.224. The van der Waals surface area contributed by atoms with E-state index in [1.165, 1.54) is 17.7 Å². The van der Waals surface area contributed by atoms with E-state index in [2.05, 4.69) is 17.4 Å². The van der Waals surface area contributed by atoms with Crippen LogP contribution in [-0.4, -0.2) is 72.0 Å². The maximum absolute atomic E-state index is 12.7. The van der Waals surface area contributed by atoms with Gasteiger partial charge >= 0.3 is 12.1 Å². The molecule has 4 aromatic carbocycles. The lowest BCUT2D eigenvalue weighted by atomic mass is 10.0. The molecule has 56 heavy (non-hydrogen) atoms. The predicted molar refractivity (Wildman–Crippen MR) is 208 cm³/mol. The highest BCUT2D eigenvalue weighted by Crippen LogP contribution is 2.34. The van der Waals surface area contributed by atoms with Crippen LogP contribution in [0.1, 0.15) is 59.1 Å². The Hall–Kier alpha value is -5.49. The minimum absolute atomic E-state index is 0.0706. The third kappa shape index (κ3) is 10.0. The second-order valence-electron chi connectivity index (χ2n) is 14.7. The van der Waals surface area contributed by atoms with Crippen molar-refractivity contribution in [2.24, 2.45) is 0 Å². The number of carboxylic acids is 1. The maximum Gasteiger partial charge on any atom is 0.416 e. The molecule has 2 saturated heterocycles. The molecule has 8 rings (SSSR count). The number of carboxylic acid groups (broad SMARTS) is 1. The largest absolute Gasteiger partial charge is 0.481 e. The van der Waals surface area contributed by atoms with Gasteiger partial charge in [0, 0.05) is 36.5 Å². The first-order valence-corrected chi connectivity index (χ1v) is 19.1. The fourth-order valence-electron chi connectivity index (χ4n) is 7.77. The predicted octanol–water partition coefficient (Wildman–Crippen LogP) is 6.78. The van der Waals surface area contributed by atoms with Crippen LogP contribution >= 0.6 is 0 Å². The molecular formula is C44H47F3N4O5. The monoisotopic (exact) mass is 768 g/mol. The number of aryl methyl sites for hydroxylation is 1. The number of rotatable bonds is 6. The summed E-state index contributed by atoms with van der Waals surface area (Å²) in [5.74, 6) is -0.515. The van der Waals surface area contributed by atoms with Crippen molar-refractivity contribution in [2.75, 3.05) is 36.0 Å². The molecule has 3 amide bonds. The zero-order valence-electron chi connectivity index (χ0n) is 31.4. The Kier molecular flexibility index (Phi) is 12.9. The highest BCUT2D eigenvalue weighted by molar-refractivity contribution is 6.02. The van der Waals surface area contributed by atoms with Gasteiger partial charge in [0.15, 0.2) is 0 Å². The van der Waals surface area contributed by atoms with Gasteiger partial charge in [-0.05, 0) is 92.2 Å². The number of piperidine rings is 2. The van der Waals surface area contributed by atoms with Gasteiger partial charge in [0.2, 0.25) is 17.7 Å². The number of benzene rings is 4. The average molecular weight is 769 g/mol. The maximum atomic E-state index is 12.7. The molecule has 0 saturated carbocycles. The topological polar surface area (TPSA) is 110 Å². The lowest BCUT2D eigenvalue weighted by Gasteiger charge is -2.37. The van der Waals surface area contributed by atoms with Crippen molar-refractivity contribution in [1.29, 1.82) is 0 Å². The smallest absolute Gasteiger partial charge is 0.416 e. The number of likely N-dealkylation sites (tertiary alicyclic amines) is 1. The number of nitrogens with one attached hydrogen (secondary N) is 1. The number of halogens is 3. The number of hydrogen-bond donors (Lipinski definition) is 2. The molecular weight excluding hydrogens is 722 g/mol. The molecule has 0 radical (unpaired) electrons. The number of amides is 3. The molecule has 9 nitrogen and oxygen atoms in total. The van der Waals surface area contributed by atoms with Crippen LogP contribution in [0.2, 0.25) is 0 Å². The number of fused-ring (bicyclic) bond motifs is 2. The Morgan fingerprint density at radius 2 is 1.14 bits per heavy atom. The zero-order chi connectivity index (χ0) is 39.8. The van der Waals surface area contributed by atoms with Crippen molar-refractivity contribution in [3.63, 3.8) is 0 Å². The molecule has 0 bridgehead atoms. The van der Waals surface area contributed by atoms with E-state index >= 15 is 0 Å². The summed E-state index contributed by atoms with van der Waals surface area (Å²) < 4.78 is 38.0. The van der Waals surface area contributed by atoms with Gasteiger partial charge in [-0.15, -0.1) is 0 Å². The van der Waals surface area contributed by atoms with E-state index in [9.17, 15) is 32.3 Å². The summed E-state index contributed by atoms with van der Waals surface area (Å²) in [5.41, 5.74) is 6.18. The highest BCUT2D eigenvalue weighted by atomic mass is 19.4. The second kappa shape index (κ2) is 18.0. The van der Waals surface area contributed by atoms with Crippen LogP contribution in [0.4, 0.5) is 24.5 Å². The number of anilines is 2. The summed E-state index contributed by atoms with van der Waals surface area (Å²) in [5, 5.41) is 11.8. The van der Waals surface area contributed by atoms with E-state index in [4.69, 9.17) is 5.11 Å². The van der Waals surface area contributed by atoms with Crippen molar-refractivity contribution in [3.8, 4) is 0 Å². The van der Waals surface area contributed by atoms with E-state index in [1.807, 2.05) is 77.4 Å². The summed E-state index contributed by atoms with van der Waals surface area (Å²) in [6.45, 7) is 5.10. The molecule has 2 fully saturated rings. The van der Waals surface area contributed by atoms with Crippen molar-refractivity contribution >= 4 is 35.1 Å². The van der Waals surface area contributed by atoms with Crippen LogP contribution in [0.25, 0.3) is 0 Å². The third-order valence-corrected chi connectivity index (χ3v) is 10.7. The number of carbonyl (C=O) groups is 4. The Morgan fingerprint density at radius 3 is 1.64 bits per heavy atom. The molecule has 0 atom stereocenters. The summed E-state index contributed by atoms with van der Waals surface area (Å²) in [6.07, 6.45) is 0.339. The molecule has 0 spiro atoms. The standard InChI is InChI=1S/C22H21F3N2O2.C13H16N2O.C9H10O2/c23-22(24,25)17-7-5-15(6-8-17)13-20(28)26-11-9-18(10-12-26)27-19-4-2-1-3-16(19)14-21(27)29;16-13-9-10-3-1-2-4-12(10)15(13)11-5-7-14-8-6-11;1-7-2-4-8(5-3-7)6-9(10)11/h1-8,18H,9-14H2;1-4,11,14H,5-9H2;2-5H,6H2,1H3,(H,10,11). The molecule has 0 unspecified atom stereocenters. The van der Waals surface area contributed by atoms with Crippen LogP contribution in [0.5, 0.6) is 0 Å². The molecule has 4 aliphatic heterocycles. The first-order valence-electron chi connectivity index (χ1n) is 19.1. The summed E-state index contributed by atoms with van der Waals surface area (Å²) in [6, 6.07) is 28.6. The van der Waals surface area contributed by atoms with E-state index in [0.717, 1.165) is 66.1 Å². The van der Waals surface area contributed by atoms with Gasteiger partial charge in [0.25, 0.3) is 0 Å². The van der Waals surface area contributed by atoms with E-state index in [0.29, 0.717) is 50.4 Å². The molecule has 12 heteroatoms. The minimum Gasteiger partial charge on any atom is -0.481 e. The minimum atomic E-state index is -4.38. The summed E-state index contributed by atoms with van der Waals surface area (Å²) >= 11 is 0. The fraction of sp³-hybridized carbons (Fsp3) is 0.364. The second-order valence-corrected chi connectivity index (χ2v) is 14.7. The zero-order valence-corrected chi connectivity index (χ0v) is 31.4. The molecule has 0 aliphatic carbocycles. The van der Waals surface area contributed by atoms with E-state index in [-0.39, 0.29) is 36.6 Å². The van der Waals surface area contributed by atoms with Gasteiger partial charge in [-0.25, -0.2) is 0 Å². The van der Waals surface area contributed by atoms with E-state index < -0.39 is 17.7 Å². The average Bonchev–Trinajstić information content (AvgIpc) is 3.71. The molecule has 294 valence electrons. The van der Waals surface area contributed by atoms with Crippen LogP contribution in [0.3, 0.4) is 0 Å². The lowest BCUT2D eigenvalue weighted by molar-refractivity contribution is -0.138. The number of hydrogen-bond acceptors (Lipinski definition) is 5. The first-order chi connectivity index (χ1) is 26.9. The van der Waals surface area contributed by atoms with Crippen LogP contribution in [0.15, 0.2) is 97.1 Å². The van der Waals surface area contributed by atoms with Gasteiger partial charge in [0.1, 0.15) is 0 Å². The molecule has 4 heterocycles. The molecule has 4 aromatic rings. The van der Waals surface area contributed by atoms with Crippen LogP contribution in [0, 0.1) is 6.92 Å². The summed E-state index contributed by atoms with van der Waals surface area (Å²) in [4.78, 5) is 52.9. The van der Waals surface area contributed by atoms with Crippen molar-refractivity contribution in [1.82, 2.24) is 10.2 Å². The van der Waals surface area contributed by atoms with Crippen molar-refractivity contribution < 1.29 is 37.5 Å². The fourth-order valence-corrected chi connectivity index (χ4v) is 7.77. The SMILES string of the molecule is Cc1ccc(CC(=O)O)cc1.O=C(Cc1ccc(C(F)(F)F)cc1)N1CCC(N2C(=O)Cc3ccccc32)CC1.O=C1Cc2ccccc2N1C1CCNCC1. The van der Waals surface area contributed by atoms with E-state index in [1.54, 1.807) is 4.90 Å². The number of nitrogens with zero attached hydrogens (tertiary/aromatic N) is 3. The molecule has 4 aliphatic rings. The molecule has 2 N–H and O–H groups in total. The first kappa shape index (κ1) is 40.2. The van der Waals surface area contributed by atoms with Gasteiger partial charge in [-0.2, -0.15) is 13.2 Å². The lowest BCUT2D eigenvalue weighted by Crippen LogP contribution is -2.48. The van der Waals surface area contributed by atoms with Crippen LogP contribution < -0.4 is 15.1 Å². The number of alkyl halides is 3. The third-order valence-electron chi connectivity index (χ3n) is 10.7. The van der Waals surface area contributed by atoms with Crippen LogP contribution in [-0.2, 0) is 51.0 Å². The normalized spacial score (nSPS) is 17.0.